The summed E-state index contributed by atoms with van der Waals surface area (Å²) in [6, 6.07) is 18.0. The molecule has 0 saturated carbocycles. The average molecular weight is 392 g/mol. The zero-order valence-corrected chi connectivity index (χ0v) is 17.9. The molecule has 4 heteroatoms. The topological polar surface area (TPSA) is 35.6 Å². The Balaban J connectivity index is 1.79. The van der Waals surface area contributed by atoms with Gasteiger partial charge in [0.05, 0.1) is 6.04 Å². The lowest BCUT2D eigenvalue weighted by Crippen LogP contribution is -2.47. The quantitative estimate of drug-likeness (QED) is 0.796. The standard InChI is InChI=1S/C25H33N3O/c1-4-27(5-2)25(29)19-14-15-22-21(17-19)23-20(13-10-16-26-23)24(28(22)6-3)18-11-8-7-9-12-18/h7-9,11-12,14-15,17,20,23-24,26H,4-6,10,13,16H2,1-3H3/t20-,23+,24?/m1/s1. The molecule has 0 aliphatic carbocycles. The fourth-order valence-electron chi connectivity index (χ4n) is 5.31. The molecule has 1 fully saturated rings. The zero-order chi connectivity index (χ0) is 20.4. The summed E-state index contributed by atoms with van der Waals surface area (Å²) in [6.07, 6.45) is 2.41. The molecule has 0 aromatic heterocycles. The fraction of sp³-hybridized carbons (Fsp3) is 0.480. The molecule has 2 heterocycles. The minimum Gasteiger partial charge on any atom is -0.364 e. The highest BCUT2D eigenvalue weighted by molar-refractivity contribution is 5.95. The number of amides is 1. The number of rotatable bonds is 5. The molecule has 2 aliphatic heterocycles. The number of nitrogens with one attached hydrogen (secondary N) is 1. The Hall–Kier alpha value is -2.33. The van der Waals surface area contributed by atoms with Gasteiger partial charge in [-0.25, -0.2) is 0 Å². The van der Waals surface area contributed by atoms with Crippen LogP contribution in [0.1, 0.15) is 67.2 Å². The van der Waals surface area contributed by atoms with Gasteiger partial charge in [-0.3, -0.25) is 4.79 Å². The second-order valence-corrected chi connectivity index (χ2v) is 8.13. The van der Waals surface area contributed by atoms with Crippen LogP contribution in [0.5, 0.6) is 0 Å². The molecule has 0 radical (unpaired) electrons. The minimum atomic E-state index is 0.137. The summed E-state index contributed by atoms with van der Waals surface area (Å²) in [6.45, 7) is 9.82. The van der Waals surface area contributed by atoms with Gasteiger partial charge in [-0.05, 0) is 69.5 Å². The Morgan fingerprint density at radius 1 is 1.10 bits per heavy atom. The fourth-order valence-corrected chi connectivity index (χ4v) is 5.31. The number of benzene rings is 2. The van der Waals surface area contributed by atoms with Crippen molar-refractivity contribution in [2.24, 2.45) is 5.92 Å². The molecule has 1 N–H and O–H groups in total. The normalized spacial score (nSPS) is 23.3. The van der Waals surface area contributed by atoms with Crippen LogP contribution in [0, 0.1) is 5.92 Å². The Labute approximate surface area is 174 Å². The number of hydrogen-bond donors (Lipinski definition) is 1. The van der Waals surface area contributed by atoms with Gasteiger partial charge in [-0.1, -0.05) is 30.3 Å². The zero-order valence-electron chi connectivity index (χ0n) is 17.9. The summed E-state index contributed by atoms with van der Waals surface area (Å²) in [5.41, 5.74) is 4.77. The van der Waals surface area contributed by atoms with Gasteiger partial charge in [0.15, 0.2) is 0 Å². The lowest BCUT2D eigenvalue weighted by Gasteiger charge is -2.50. The number of anilines is 1. The largest absolute Gasteiger partial charge is 0.364 e. The van der Waals surface area contributed by atoms with E-state index in [1.165, 1.54) is 29.7 Å². The van der Waals surface area contributed by atoms with Crippen LogP contribution in [-0.4, -0.2) is 37.0 Å². The molecule has 1 amide bonds. The van der Waals surface area contributed by atoms with Gasteiger partial charge in [0, 0.05) is 42.8 Å². The number of carbonyl (C=O) groups excluding carboxylic acids is 1. The number of nitrogens with zero attached hydrogens (tertiary/aromatic N) is 2. The van der Waals surface area contributed by atoms with Gasteiger partial charge in [0.25, 0.3) is 5.91 Å². The van der Waals surface area contributed by atoms with Crippen molar-refractivity contribution in [1.82, 2.24) is 10.2 Å². The first-order valence-electron chi connectivity index (χ1n) is 11.2. The van der Waals surface area contributed by atoms with Crippen molar-refractivity contribution in [3.63, 3.8) is 0 Å². The van der Waals surface area contributed by atoms with Crippen LogP contribution in [0.3, 0.4) is 0 Å². The Morgan fingerprint density at radius 3 is 2.55 bits per heavy atom. The maximum absolute atomic E-state index is 13.0. The van der Waals surface area contributed by atoms with Crippen LogP contribution in [0.25, 0.3) is 0 Å². The van der Waals surface area contributed by atoms with Gasteiger partial charge >= 0.3 is 0 Å². The Kier molecular flexibility index (Phi) is 5.91. The third kappa shape index (κ3) is 3.55. The smallest absolute Gasteiger partial charge is 0.253 e. The summed E-state index contributed by atoms with van der Waals surface area (Å²) in [5, 5.41) is 3.79. The third-order valence-electron chi connectivity index (χ3n) is 6.70. The van der Waals surface area contributed by atoms with E-state index >= 15 is 0 Å². The lowest BCUT2D eigenvalue weighted by atomic mass is 9.74. The summed E-state index contributed by atoms with van der Waals surface area (Å²) in [5.74, 6) is 0.649. The van der Waals surface area contributed by atoms with E-state index in [1.807, 2.05) is 24.8 Å². The Bertz CT molecular complexity index is 846. The first-order valence-corrected chi connectivity index (χ1v) is 11.2. The van der Waals surface area contributed by atoms with Gasteiger partial charge in [-0.2, -0.15) is 0 Å². The van der Waals surface area contributed by atoms with Crippen LogP contribution in [0.2, 0.25) is 0 Å². The van der Waals surface area contributed by atoms with Crippen molar-refractivity contribution in [2.45, 2.75) is 45.7 Å². The van der Waals surface area contributed by atoms with E-state index < -0.39 is 0 Å². The first kappa shape index (κ1) is 20.0. The maximum Gasteiger partial charge on any atom is 0.253 e. The SMILES string of the molecule is CCN(CC)C(=O)c1ccc2c(c1)[C@H]1NCCC[C@H]1C(c1ccccc1)N2CC. The van der Waals surface area contributed by atoms with Crippen molar-refractivity contribution < 1.29 is 4.79 Å². The maximum atomic E-state index is 13.0. The summed E-state index contributed by atoms with van der Waals surface area (Å²) < 4.78 is 0. The predicted molar refractivity (Wildman–Crippen MR) is 119 cm³/mol. The molecule has 0 bridgehead atoms. The van der Waals surface area contributed by atoms with Gasteiger partial charge < -0.3 is 15.1 Å². The molecule has 2 aliphatic rings. The molecule has 4 rings (SSSR count). The molecular formula is C25H33N3O. The lowest BCUT2D eigenvalue weighted by molar-refractivity contribution is 0.0772. The number of fused-ring (bicyclic) bond motifs is 3. The van der Waals surface area contributed by atoms with E-state index in [-0.39, 0.29) is 5.91 Å². The summed E-state index contributed by atoms with van der Waals surface area (Å²) in [7, 11) is 0. The van der Waals surface area contributed by atoms with Crippen LogP contribution in [0.15, 0.2) is 48.5 Å². The van der Waals surface area contributed by atoms with Crippen LogP contribution < -0.4 is 10.2 Å². The summed E-state index contributed by atoms with van der Waals surface area (Å²) in [4.78, 5) is 17.4. The van der Waals surface area contributed by atoms with E-state index in [0.717, 1.165) is 31.7 Å². The second kappa shape index (κ2) is 8.58. The monoisotopic (exact) mass is 391 g/mol. The number of hydrogen-bond acceptors (Lipinski definition) is 3. The molecular weight excluding hydrogens is 358 g/mol. The van der Waals surface area contributed by atoms with Crippen molar-refractivity contribution in [3.05, 3.63) is 65.2 Å². The van der Waals surface area contributed by atoms with Crippen LogP contribution in [0.4, 0.5) is 5.69 Å². The first-order chi connectivity index (χ1) is 14.2. The molecule has 1 saturated heterocycles. The van der Waals surface area contributed by atoms with Gasteiger partial charge in [-0.15, -0.1) is 0 Å². The van der Waals surface area contributed by atoms with E-state index in [9.17, 15) is 4.79 Å². The number of carbonyl (C=O) groups is 1. The van der Waals surface area contributed by atoms with Crippen molar-refractivity contribution in [3.8, 4) is 0 Å². The van der Waals surface area contributed by atoms with Crippen molar-refractivity contribution >= 4 is 11.6 Å². The van der Waals surface area contributed by atoms with E-state index in [0.29, 0.717) is 18.0 Å². The summed E-state index contributed by atoms with van der Waals surface area (Å²) >= 11 is 0. The molecule has 0 spiro atoms. The van der Waals surface area contributed by atoms with E-state index in [2.05, 4.69) is 59.6 Å². The highest BCUT2D eigenvalue weighted by atomic mass is 16.2. The molecule has 2 aromatic carbocycles. The van der Waals surface area contributed by atoms with Gasteiger partial charge in [0.2, 0.25) is 0 Å². The molecule has 154 valence electrons. The van der Waals surface area contributed by atoms with Crippen LogP contribution >= 0.6 is 0 Å². The third-order valence-corrected chi connectivity index (χ3v) is 6.70. The van der Waals surface area contributed by atoms with Crippen molar-refractivity contribution in [1.29, 1.82) is 0 Å². The Morgan fingerprint density at radius 2 is 1.86 bits per heavy atom. The minimum absolute atomic E-state index is 0.137. The molecule has 4 nitrogen and oxygen atoms in total. The predicted octanol–water partition coefficient (Wildman–Crippen LogP) is 4.79. The average Bonchev–Trinajstić information content (AvgIpc) is 2.79. The van der Waals surface area contributed by atoms with Gasteiger partial charge in [0.1, 0.15) is 0 Å². The molecule has 29 heavy (non-hydrogen) atoms. The van der Waals surface area contributed by atoms with E-state index in [4.69, 9.17) is 0 Å². The van der Waals surface area contributed by atoms with Crippen molar-refractivity contribution in [2.75, 3.05) is 31.1 Å². The molecule has 1 unspecified atom stereocenters. The number of piperidine rings is 1. The molecule has 3 atom stereocenters. The van der Waals surface area contributed by atoms with E-state index in [1.54, 1.807) is 0 Å². The highest BCUT2D eigenvalue weighted by Gasteiger charge is 2.42. The van der Waals surface area contributed by atoms with Crippen LogP contribution in [-0.2, 0) is 0 Å². The highest BCUT2D eigenvalue weighted by Crippen LogP contribution is 2.50. The molecule has 2 aromatic rings. The second-order valence-electron chi connectivity index (χ2n) is 8.13.